The molecule has 0 amide bonds. The molecule has 96 valence electrons. The second-order valence-electron chi connectivity index (χ2n) is 4.55. The molecule has 0 saturated carbocycles. The topological polar surface area (TPSA) is 63.8 Å². The van der Waals surface area contributed by atoms with Crippen LogP contribution in [-0.4, -0.2) is 16.5 Å². The van der Waals surface area contributed by atoms with Crippen LogP contribution < -0.4 is 11.1 Å². The summed E-state index contributed by atoms with van der Waals surface area (Å²) < 4.78 is 0. The molecule has 0 aliphatic rings. The summed E-state index contributed by atoms with van der Waals surface area (Å²) in [4.78, 5) is 8.23. The van der Waals surface area contributed by atoms with Crippen molar-refractivity contribution in [3.05, 3.63) is 11.8 Å². The summed E-state index contributed by atoms with van der Waals surface area (Å²) in [6.45, 7) is 7.36. The molecular formula is C13H24N4. The molecular weight excluding hydrogens is 212 g/mol. The fraction of sp³-hybridized carbons (Fsp3) is 0.692. The van der Waals surface area contributed by atoms with Crippen LogP contribution in [0.3, 0.4) is 0 Å². The maximum atomic E-state index is 5.62. The molecule has 0 aliphatic heterocycles. The molecule has 0 aliphatic carbocycles. The van der Waals surface area contributed by atoms with E-state index in [-0.39, 0.29) is 0 Å². The normalized spacial score (nSPS) is 12.4. The van der Waals surface area contributed by atoms with Crippen molar-refractivity contribution in [1.82, 2.24) is 9.97 Å². The van der Waals surface area contributed by atoms with Gasteiger partial charge < -0.3 is 11.1 Å². The highest BCUT2D eigenvalue weighted by Gasteiger charge is 2.06. The molecule has 1 aromatic rings. The van der Waals surface area contributed by atoms with Crippen molar-refractivity contribution in [3.8, 4) is 0 Å². The van der Waals surface area contributed by atoms with E-state index >= 15 is 0 Å². The van der Waals surface area contributed by atoms with Gasteiger partial charge in [-0.15, -0.1) is 0 Å². The first-order valence-corrected chi connectivity index (χ1v) is 6.50. The molecule has 4 nitrogen and oxygen atoms in total. The Kier molecular flexibility index (Phi) is 5.73. The highest BCUT2D eigenvalue weighted by Crippen LogP contribution is 2.14. The number of rotatable bonds is 7. The van der Waals surface area contributed by atoms with Crippen LogP contribution in [0.1, 0.15) is 45.2 Å². The van der Waals surface area contributed by atoms with Crippen LogP contribution in [-0.2, 0) is 0 Å². The first-order valence-electron chi connectivity index (χ1n) is 6.50. The van der Waals surface area contributed by atoms with E-state index in [2.05, 4.69) is 29.1 Å². The second kappa shape index (κ2) is 7.09. The predicted molar refractivity (Wildman–Crippen MR) is 73.0 cm³/mol. The SMILES string of the molecule is CCCCC(CC)CNc1cc(C)nc(N)n1. The Morgan fingerprint density at radius 1 is 1.35 bits per heavy atom. The highest BCUT2D eigenvalue weighted by atomic mass is 15.1. The third kappa shape index (κ3) is 5.02. The number of hydrogen-bond donors (Lipinski definition) is 2. The van der Waals surface area contributed by atoms with Gasteiger partial charge in [0.1, 0.15) is 5.82 Å². The summed E-state index contributed by atoms with van der Waals surface area (Å²) in [5, 5.41) is 3.36. The Bertz CT molecular complexity index is 318. The van der Waals surface area contributed by atoms with Gasteiger partial charge in [0.2, 0.25) is 5.95 Å². The van der Waals surface area contributed by atoms with Crippen LogP contribution in [0.2, 0.25) is 0 Å². The Labute approximate surface area is 104 Å². The minimum Gasteiger partial charge on any atom is -0.370 e. The largest absolute Gasteiger partial charge is 0.370 e. The van der Waals surface area contributed by atoms with Gasteiger partial charge in [0.15, 0.2) is 0 Å². The third-order valence-corrected chi connectivity index (χ3v) is 2.99. The van der Waals surface area contributed by atoms with Crippen LogP contribution in [0, 0.1) is 12.8 Å². The number of nitrogens with zero attached hydrogens (tertiary/aromatic N) is 2. The van der Waals surface area contributed by atoms with Crippen molar-refractivity contribution in [2.45, 2.75) is 46.5 Å². The number of unbranched alkanes of at least 4 members (excludes halogenated alkanes) is 1. The lowest BCUT2D eigenvalue weighted by molar-refractivity contribution is 0.472. The number of nitrogen functional groups attached to an aromatic ring is 1. The molecule has 0 spiro atoms. The van der Waals surface area contributed by atoms with E-state index in [1.807, 2.05) is 13.0 Å². The summed E-state index contributed by atoms with van der Waals surface area (Å²) >= 11 is 0. The highest BCUT2D eigenvalue weighted by molar-refractivity contribution is 5.40. The molecule has 0 aromatic carbocycles. The quantitative estimate of drug-likeness (QED) is 0.764. The number of aromatic nitrogens is 2. The fourth-order valence-corrected chi connectivity index (χ4v) is 1.87. The third-order valence-electron chi connectivity index (χ3n) is 2.99. The summed E-state index contributed by atoms with van der Waals surface area (Å²) in [5.41, 5.74) is 6.52. The van der Waals surface area contributed by atoms with Crippen molar-refractivity contribution in [3.63, 3.8) is 0 Å². The molecule has 0 fully saturated rings. The molecule has 17 heavy (non-hydrogen) atoms. The minimum absolute atomic E-state index is 0.342. The zero-order valence-electron chi connectivity index (χ0n) is 11.2. The van der Waals surface area contributed by atoms with Gasteiger partial charge in [-0.3, -0.25) is 0 Å². The summed E-state index contributed by atoms with van der Waals surface area (Å²) in [7, 11) is 0. The standard InChI is InChI=1S/C13H24N4/c1-4-6-7-11(5-2)9-15-12-8-10(3)16-13(14)17-12/h8,11H,4-7,9H2,1-3H3,(H3,14,15,16,17). The Balaban J connectivity index is 2.47. The van der Waals surface area contributed by atoms with Crippen LogP contribution in [0.4, 0.5) is 11.8 Å². The Morgan fingerprint density at radius 2 is 2.12 bits per heavy atom. The molecule has 1 aromatic heterocycles. The molecule has 1 heterocycles. The van der Waals surface area contributed by atoms with Gasteiger partial charge in [0.05, 0.1) is 0 Å². The van der Waals surface area contributed by atoms with E-state index in [4.69, 9.17) is 5.73 Å². The van der Waals surface area contributed by atoms with Crippen molar-refractivity contribution in [2.75, 3.05) is 17.6 Å². The first kappa shape index (κ1) is 13.7. The van der Waals surface area contributed by atoms with Gasteiger partial charge in [-0.1, -0.05) is 33.1 Å². The van der Waals surface area contributed by atoms with Crippen LogP contribution >= 0.6 is 0 Å². The molecule has 4 heteroatoms. The van der Waals surface area contributed by atoms with E-state index < -0.39 is 0 Å². The van der Waals surface area contributed by atoms with Gasteiger partial charge in [0, 0.05) is 18.3 Å². The summed E-state index contributed by atoms with van der Waals surface area (Å²) in [6.07, 6.45) is 5.04. The summed E-state index contributed by atoms with van der Waals surface area (Å²) in [6, 6.07) is 1.93. The van der Waals surface area contributed by atoms with E-state index in [1.165, 1.54) is 25.7 Å². The Morgan fingerprint density at radius 3 is 2.71 bits per heavy atom. The average Bonchev–Trinajstić information content (AvgIpc) is 2.28. The lowest BCUT2D eigenvalue weighted by atomic mass is 9.99. The first-order chi connectivity index (χ1) is 8.15. The van der Waals surface area contributed by atoms with Crippen LogP contribution in [0.25, 0.3) is 0 Å². The lowest BCUT2D eigenvalue weighted by Crippen LogP contribution is -2.15. The van der Waals surface area contributed by atoms with E-state index in [9.17, 15) is 0 Å². The predicted octanol–water partition coefficient (Wildman–Crippen LogP) is 3.00. The average molecular weight is 236 g/mol. The fourth-order valence-electron chi connectivity index (χ4n) is 1.87. The molecule has 1 rings (SSSR count). The van der Waals surface area contributed by atoms with Crippen molar-refractivity contribution in [1.29, 1.82) is 0 Å². The summed E-state index contributed by atoms with van der Waals surface area (Å²) in [5.74, 6) is 1.89. The van der Waals surface area contributed by atoms with E-state index in [0.717, 1.165) is 18.1 Å². The molecule has 1 atom stereocenters. The zero-order chi connectivity index (χ0) is 12.7. The second-order valence-corrected chi connectivity index (χ2v) is 4.55. The number of nitrogens with two attached hydrogens (primary N) is 1. The monoisotopic (exact) mass is 236 g/mol. The zero-order valence-corrected chi connectivity index (χ0v) is 11.2. The van der Waals surface area contributed by atoms with Crippen LogP contribution in [0.15, 0.2) is 6.07 Å². The van der Waals surface area contributed by atoms with E-state index in [1.54, 1.807) is 0 Å². The van der Waals surface area contributed by atoms with Crippen molar-refractivity contribution < 1.29 is 0 Å². The number of aryl methyl sites for hydroxylation is 1. The van der Waals surface area contributed by atoms with Crippen LogP contribution in [0.5, 0.6) is 0 Å². The van der Waals surface area contributed by atoms with Gasteiger partial charge in [-0.2, -0.15) is 4.98 Å². The Hall–Kier alpha value is -1.32. The van der Waals surface area contributed by atoms with Gasteiger partial charge >= 0.3 is 0 Å². The smallest absolute Gasteiger partial charge is 0.222 e. The van der Waals surface area contributed by atoms with Crippen molar-refractivity contribution in [2.24, 2.45) is 5.92 Å². The molecule has 0 bridgehead atoms. The van der Waals surface area contributed by atoms with Crippen molar-refractivity contribution >= 4 is 11.8 Å². The van der Waals surface area contributed by atoms with Gasteiger partial charge in [-0.25, -0.2) is 4.98 Å². The molecule has 3 N–H and O–H groups in total. The maximum Gasteiger partial charge on any atom is 0.222 e. The number of anilines is 2. The maximum absolute atomic E-state index is 5.62. The minimum atomic E-state index is 0.342. The lowest BCUT2D eigenvalue weighted by Gasteiger charge is -2.15. The number of nitrogens with one attached hydrogen (secondary N) is 1. The molecule has 0 radical (unpaired) electrons. The van der Waals surface area contributed by atoms with Gasteiger partial charge in [-0.05, 0) is 19.3 Å². The molecule has 1 unspecified atom stereocenters. The molecule has 0 saturated heterocycles. The van der Waals surface area contributed by atoms with Gasteiger partial charge in [0.25, 0.3) is 0 Å². The number of hydrogen-bond acceptors (Lipinski definition) is 4. The van der Waals surface area contributed by atoms with E-state index in [0.29, 0.717) is 11.9 Å².